The number of aromatic nitrogens is 2. The lowest BCUT2D eigenvalue weighted by Crippen LogP contribution is -2.30. The monoisotopic (exact) mass is 206 g/mol. The van der Waals surface area contributed by atoms with E-state index >= 15 is 0 Å². The van der Waals surface area contributed by atoms with Crippen LogP contribution in [0.25, 0.3) is 0 Å². The van der Waals surface area contributed by atoms with Crippen LogP contribution in [0.5, 0.6) is 0 Å². The molecular weight excluding hydrogens is 203 g/mol. The smallest absolute Gasteiger partial charge is 0.283 e. The summed E-state index contributed by atoms with van der Waals surface area (Å²) in [5, 5.41) is -0.00491. The molecule has 0 fully saturated rings. The molecule has 0 unspecified atom stereocenters. The van der Waals surface area contributed by atoms with Crippen molar-refractivity contribution in [3.63, 3.8) is 0 Å². The van der Waals surface area contributed by atoms with Crippen LogP contribution in [0.4, 0.5) is 0 Å². The minimum atomic E-state index is -0.568. The Kier molecular flexibility index (Phi) is 2.80. The Hall–Kier alpha value is -0.910. The second-order valence-electron chi connectivity index (χ2n) is 1.82. The van der Waals surface area contributed by atoms with Crippen LogP contribution in [0.15, 0.2) is 6.07 Å². The van der Waals surface area contributed by atoms with Gasteiger partial charge in [-0.15, -0.1) is 0 Å². The summed E-state index contributed by atoms with van der Waals surface area (Å²) in [6.07, 6.45) is 0. The Bertz CT molecular complexity index is 296. The van der Waals surface area contributed by atoms with Gasteiger partial charge >= 0.3 is 0 Å². The van der Waals surface area contributed by atoms with Crippen LogP contribution in [0, 0.1) is 0 Å². The molecule has 1 aromatic rings. The first-order valence-electron chi connectivity index (χ1n) is 2.84. The van der Waals surface area contributed by atoms with Crippen molar-refractivity contribution in [1.82, 2.24) is 15.4 Å². The van der Waals surface area contributed by atoms with Crippen molar-refractivity contribution in [3.8, 4) is 0 Å². The van der Waals surface area contributed by atoms with E-state index in [1.165, 1.54) is 6.07 Å². The number of hydrogen-bond acceptors (Lipinski definition) is 4. The molecule has 1 heterocycles. The van der Waals surface area contributed by atoms with Gasteiger partial charge in [0.2, 0.25) is 5.28 Å². The van der Waals surface area contributed by atoms with E-state index in [2.05, 4.69) is 9.97 Å². The summed E-state index contributed by atoms with van der Waals surface area (Å²) >= 11 is 10.9. The SMILES string of the molecule is NNC(=O)c1cc(Cl)nc(Cl)n1. The quantitative estimate of drug-likeness (QED) is 0.229. The summed E-state index contributed by atoms with van der Waals surface area (Å²) in [5.74, 6) is 4.29. The number of nitrogen functional groups attached to an aromatic ring is 1. The fourth-order valence-corrected chi connectivity index (χ4v) is 0.989. The summed E-state index contributed by atoms with van der Waals surface area (Å²) < 4.78 is 0. The summed E-state index contributed by atoms with van der Waals surface area (Å²) in [7, 11) is 0. The maximum absolute atomic E-state index is 10.9. The summed E-state index contributed by atoms with van der Waals surface area (Å²) in [4.78, 5) is 18.0. The lowest BCUT2D eigenvalue weighted by Gasteiger charge is -1.98. The molecule has 0 aliphatic carbocycles. The largest absolute Gasteiger partial charge is 0.289 e. The molecule has 1 rings (SSSR count). The number of hydrogen-bond donors (Lipinski definition) is 2. The first-order valence-corrected chi connectivity index (χ1v) is 3.60. The van der Waals surface area contributed by atoms with E-state index in [0.29, 0.717) is 0 Å². The van der Waals surface area contributed by atoms with Gasteiger partial charge in [-0.1, -0.05) is 11.6 Å². The lowest BCUT2D eigenvalue weighted by molar-refractivity contribution is 0.0948. The molecule has 5 nitrogen and oxygen atoms in total. The molecular formula is C5H4Cl2N4O. The predicted octanol–water partition coefficient (Wildman–Crippen LogP) is 0.387. The van der Waals surface area contributed by atoms with Gasteiger partial charge in [0.25, 0.3) is 5.91 Å². The Morgan fingerprint density at radius 3 is 2.67 bits per heavy atom. The molecule has 12 heavy (non-hydrogen) atoms. The second kappa shape index (κ2) is 3.66. The van der Waals surface area contributed by atoms with Crippen LogP contribution in [0.1, 0.15) is 10.5 Å². The van der Waals surface area contributed by atoms with Crippen molar-refractivity contribution in [2.75, 3.05) is 0 Å². The number of hydrazine groups is 1. The topological polar surface area (TPSA) is 80.9 Å². The molecule has 64 valence electrons. The zero-order valence-electron chi connectivity index (χ0n) is 5.71. The van der Waals surface area contributed by atoms with E-state index in [0.717, 1.165) is 0 Å². The van der Waals surface area contributed by atoms with Gasteiger partial charge in [0.05, 0.1) is 0 Å². The van der Waals surface area contributed by atoms with Crippen molar-refractivity contribution >= 4 is 29.1 Å². The van der Waals surface area contributed by atoms with Gasteiger partial charge in [0.1, 0.15) is 10.8 Å². The molecule has 0 spiro atoms. The fraction of sp³-hybridized carbons (Fsp3) is 0. The highest BCUT2D eigenvalue weighted by molar-refractivity contribution is 6.32. The van der Waals surface area contributed by atoms with Gasteiger partial charge in [-0.3, -0.25) is 10.2 Å². The maximum Gasteiger partial charge on any atom is 0.283 e. The van der Waals surface area contributed by atoms with Crippen LogP contribution >= 0.6 is 23.2 Å². The van der Waals surface area contributed by atoms with Crippen molar-refractivity contribution in [1.29, 1.82) is 0 Å². The minimum Gasteiger partial charge on any atom is -0.289 e. The van der Waals surface area contributed by atoms with Crippen LogP contribution in [-0.2, 0) is 0 Å². The van der Waals surface area contributed by atoms with Gasteiger partial charge in [0, 0.05) is 6.07 Å². The first kappa shape index (κ1) is 9.18. The van der Waals surface area contributed by atoms with Crippen LogP contribution < -0.4 is 11.3 Å². The standard InChI is InChI=1S/C5H4Cl2N4O/c6-3-1-2(4(12)11-8)9-5(7)10-3/h1H,8H2,(H,11,12). The Morgan fingerprint density at radius 2 is 2.17 bits per heavy atom. The van der Waals surface area contributed by atoms with E-state index in [9.17, 15) is 4.79 Å². The molecule has 0 radical (unpaired) electrons. The Labute approximate surface area is 77.9 Å². The molecule has 0 saturated heterocycles. The van der Waals surface area contributed by atoms with E-state index in [4.69, 9.17) is 29.0 Å². The van der Waals surface area contributed by atoms with Crippen LogP contribution in [0.3, 0.4) is 0 Å². The first-order chi connectivity index (χ1) is 5.63. The molecule has 7 heteroatoms. The number of carbonyl (C=O) groups excluding carboxylic acids is 1. The Morgan fingerprint density at radius 1 is 1.50 bits per heavy atom. The minimum absolute atomic E-state index is 0.0301. The van der Waals surface area contributed by atoms with Crippen LogP contribution in [-0.4, -0.2) is 15.9 Å². The summed E-state index contributed by atoms with van der Waals surface area (Å²) in [6.45, 7) is 0. The highest BCUT2D eigenvalue weighted by Crippen LogP contribution is 2.09. The highest BCUT2D eigenvalue weighted by Gasteiger charge is 2.07. The third-order valence-corrected chi connectivity index (χ3v) is 1.39. The number of nitrogens with zero attached hydrogens (tertiary/aromatic N) is 2. The molecule has 0 aliphatic rings. The molecule has 3 N–H and O–H groups in total. The number of nitrogens with two attached hydrogens (primary N) is 1. The van der Waals surface area contributed by atoms with Gasteiger partial charge in [0.15, 0.2) is 0 Å². The van der Waals surface area contributed by atoms with Crippen molar-refractivity contribution in [3.05, 3.63) is 22.2 Å². The third kappa shape index (κ3) is 2.04. The highest BCUT2D eigenvalue weighted by atomic mass is 35.5. The van der Waals surface area contributed by atoms with E-state index in [1.807, 2.05) is 5.43 Å². The molecule has 1 aromatic heterocycles. The molecule has 1 amide bonds. The molecule has 0 atom stereocenters. The predicted molar refractivity (Wildman–Crippen MR) is 43.7 cm³/mol. The Balaban J connectivity index is 3.08. The molecule has 0 bridgehead atoms. The number of nitrogens with one attached hydrogen (secondary N) is 1. The fourth-order valence-electron chi connectivity index (χ4n) is 0.580. The van der Waals surface area contributed by atoms with Crippen LogP contribution in [0.2, 0.25) is 10.4 Å². The van der Waals surface area contributed by atoms with Crippen molar-refractivity contribution in [2.45, 2.75) is 0 Å². The second-order valence-corrected chi connectivity index (χ2v) is 2.54. The van der Waals surface area contributed by atoms with Gasteiger partial charge in [-0.2, -0.15) is 0 Å². The van der Waals surface area contributed by atoms with Gasteiger partial charge in [-0.25, -0.2) is 15.8 Å². The number of rotatable bonds is 1. The zero-order chi connectivity index (χ0) is 9.14. The van der Waals surface area contributed by atoms with Crippen molar-refractivity contribution < 1.29 is 4.79 Å². The third-order valence-electron chi connectivity index (χ3n) is 1.03. The maximum atomic E-state index is 10.9. The zero-order valence-corrected chi connectivity index (χ0v) is 7.23. The summed E-state index contributed by atoms with van der Waals surface area (Å²) in [6, 6.07) is 1.26. The van der Waals surface area contributed by atoms with Gasteiger partial charge in [-0.05, 0) is 11.6 Å². The molecule has 0 saturated carbocycles. The number of carbonyl (C=O) groups is 1. The average Bonchev–Trinajstić information content (AvgIpc) is 2.01. The molecule has 0 aromatic carbocycles. The molecule has 0 aliphatic heterocycles. The van der Waals surface area contributed by atoms with E-state index in [1.54, 1.807) is 0 Å². The van der Waals surface area contributed by atoms with Crippen molar-refractivity contribution in [2.24, 2.45) is 5.84 Å². The summed E-state index contributed by atoms with van der Waals surface area (Å²) in [5.41, 5.74) is 1.92. The van der Waals surface area contributed by atoms with Gasteiger partial charge < -0.3 is 0 Å². The van der Waals surface area contributed by atoms with E-state index in [-0.39, 0.29) is 16.1 Å². The van der Waals surface area contributed by atoms with E-state index < -0.39 is 5.91 Å². The number of amides is 1. The number of halogens is 2. The average molecular weight is 207 g/mol. The lowest BCUT2D eigenvalue weighted by atomic mass is 10.4. The normalized spacial score (nSPS) is 9.58.